The van der Waals surface area contributed by atoms with E-state index in [1.807, 2.05) is 25.2 Å². The van der Waals surface area contributed by atoms with Crippen LogP contribution in [0.25, 0.3) is 11.1 Å². The molecule has 1 spiro atoms. The molecular formula is C41H49N3O7. The van der Waals surface area contributed by atoms with Crippen molar-refractivity contribution in [2.24, 2.45) is 11.7 Å². The van der Waals surface area contributed by atoms with E-state index in [1.165, 1.54) is 18.1 Å². The van der Waals surface area contributed by atoms with E-state index in [2.05, 4.69) is 42.0 Å². The standard InChI is InChI=1S/C41H49N3O7/c1-5-26-15-25(21-44-40(26)42)14-24-10-11-41(19-24)20-28-16-29(46)18-35(48-4)36(28)31-8-7-30-32(22-50-23(2)45)38(51-39(30)37(31)41)27-6-9-33(47)34(17-27)49-13-12-43-3/h6-9,15-18,21,24,32,38,40,43-44,46-47H,5,10-14,19-20,22,42H2,1-4H3/t24-,32+,38-,40?,41-/m1/s1. The summed E-state index contributed by atoms with van der Waals surface area (Å²) in [4.78, 5) is 12.2. The summed E-state index contributed by atoms with van der Waals surface area (Å²) in [7, 11) is 3.48. The third-order valence-corrected chi connectivity index (χ3v) is 11.2. The molecule has 270 valence electrons. The molecule has 0 saturated heterocycles. The molecule has 51 heavy (non-hydrogen) atoms. The first-order valence-electron chi connectivity index (χ1n) is 18.0. The molecule has 0 bridgehead atoms. The second-order valence-corrected chi connectivity index (χ2v) is 14.4. The van der Waals surface area contributed by atoms with E-state index < -0.39 is 6.10 Å². The maximum Gasteiger partial charge on any atom is 0.302 e. The number of esters is 1. The quantitative estimate of drug-likeness (QED) is 0.115. The fraction of sp³-hybridized carbons (Fsp3) is 0.439. The zero-order valence-corrected chi connectivity index (χ0v) is 29.9. The Morgan fingerprint density at radius 2 is 2.00 bits per heavy atom. The van der Waals surface area contributed by atoms with Gasteiger partial charge in [0, 0.05) is 47.8 Å². The number of hydrogen-bond acceptors (Lipinski definition) is 10. The van der Waals surface area contributed by atoms with Crippen molar-refractivity contribution >= 4 is 5.97 Å². The van der Waals surface area contributed by atoms with Gasteiger partial charge in [-0.15, -0.1) is 0 Å². The fourth-order valence-electron chi connectivity index (χ4n) is 8.86. The van der Waals surface area contributed by atoms with E-state index in [-0.39, 0.29) is 41.6 Å². The van der Waals surface area contributed by atoms with Gasteiger partial charge in [-0.25, -0.2) is 0 Å². The van der Waals surface area contributed by atoms with Gasteiger partial charge in [0.15, 0.2) is 11.5 Å². The van der Waals surface area contributed by atoms with Gasteiger partial charge in [-0.05, 0) is 97.5 Å². The maximum absolute atomic E-state index is 12.2. The van der Waals surface area contributed by atoms with Crippen LogP contribution in [0.4, 0.5) is 0 Å². The van der Waals surface area contributed by atoms with Crippen LogP contribution >= 0.6 is 0 Å². The molecule has 0 radical (unpaired) electrons. The predicted molar refractivity (Wildman–Crippen MR) is 195 cm³/mol. The minimum atomic E-state index is -0.490. The van der Waals surface area contributed by atoms with Crippen molar-refractivity contribution in [1.29, 1.82) is 0 Å². The molecular weight excluding hydrogens is 646 g/mol. The Kier molecular flexibility index (Phi) is 9.65. The lowest BCUT2D eigenvalue weighted by Crippen LogP contribution is -2.37. The van der Waals surface area contributed by atoms with Gasteiger partial charge in [0.1, 0.15) is 36.6 Å². The zero-order chi connectivity index (χ0) is 35.9. The Morgan fingerprint density at radius 3 is 2.76 bits per heavy atom. The van der Waals surface area contributed by atoms with Gasteiger partial charge in [-0.1, -0.05) is 31.2 Å². The van der Waals surface area contributed by atoms with Crippen LogP contribution in [-0.2, 0) is 21.4 Å². The number of rotatable bonds is 11. The Labute approximate surface area is 299 Å². The molecule has 4 aliphatic rings. The van der Waals surface area contributed by atoms with Gasteiger partial charge in [-0.2, -0.15) is 0 Å². The first-order valence-corrected chi connectivity index (χ1v) is 18.0. The average molecular weight is 696 g/mol. The van der Waals surface area contributed by atoms with E-state index in [0.29, 0.717) is 30.6 Å². The summed E-state index contributed by atoms with van der Waals surface area (Å²) in [5.74, 6) is 1.82. The number of phenolic OH excluding ortho intramolecular Hbond substituents is 2. The summed E-state index contributed by atoms with van der Waals surface area (Å²) < 4.78 is 24.6. The Balaban J connectivity index is 1.32. The lowest BCUT2D eigenvalue weighted by Gasteiger charge is -2.39. The third kappa shape index (κ3) is 6.51. The van der Waals surface area contributed by atoms with Crippen molar-refractivity contribution in [3.63, 3.8) is 0 Å². The third-order valence-electron chi connectivity index (χ3n) is 11.2. The molecule has 6 N–H and O–H groups in total. The summed E-state index contributed by atoms with van der Waals surface area (Å²) >= 11 is 0. The highest BCUT2D eigenvalue weighted by molar-refractivity contribution is 5.84. The SMILES string of the molecule is CCC1=CC(C[C@H]2CC[C@]3(Cc4cc(O)cc(OC)c4-c4ccc5c(c43)O[C@H](c3ccc(O)c(OCCNC)c3)[C@H]5COC(C)=O)C2)=CNC1N. The van der Waals surface area contributed by atoms with Crippen LogP contribution in [0.5, 0.6) is 28.7 Å². The van der Waals surface area contributed by atoms with E-state index in [9.17, 15) is 15.0 Å². The van der Waals surface area contributed by atoms with Gasteiger partial charge >= 0.3 is 5.97 Å². The van der Waals surface area contributed by atoms with Gasteiger partial charge in [0.2, 0.25) is 0 Å². The molecule has 0 aromatic heterocycles. The Bertz CT molecular complexity index is 1890. The van der Waals surface area contributed by atoms with Crippen LogP contribution in [0.3, 0.4) is 0 Å². The van der Waals surface area contributed by atoms with Crippen LogP contribution < -0.4 is 30.6 Å². The van der Waals surface area contributed by atoms with Gasteiger partial charge in [-0.3, -0.25) is 4.79 Å². The predicted octanol–water partition coefficient (Wildman–Crippen LogP) is 6.24. The summed E-state index contributed by atoms with van der Waals surface area (Å²) in [6.45, 7) is 4.71. The zero-order valence-electron chi connectivity index (χ0n) is 29.9. The number of dihydropyridines is 1. The molecule has 1 saturated carbocycles. The summed E-state index contributed by atoms with van der Waals surface area (Å²) in [5, 5.41) is 27.8. The molecule has 1 fully saturated rings. The van der Waals surface area contributed by atoms with E-state index in [1.54, 1.807) is 19.2 Å². The van der Waals surface area contributed by atoms with Crippen LogP contribution in [0.1, 0.15) is 80.2 Å². The van der Waals surface area contributed by atoms with Gasteiger partial charge in [0.05, 0.1) is 19.2 Å². The van der Waals surface area contributed by atoms with E-state index >= 15 is 0 Å². The largest absolute Gasteiger partial charge is 0.508 e. The number of allylic oxidation sites excluding steroid dienone is 2. The maximum atomic E-state index is 12.2. The van der Waals surface area contributed by atoms with Crippen LogP contribution in [0, 0.1) is 5.92 Å². The number of nitrogens with one attached hydrogen (secondary N) is 2. The number of phenols is 2. The lowest BCUT2D eigenvalue weighted by molar-refractivity contribution is -0.141. The van der Waals surface area contributed by atoms with E-state index in [0.717, 1.165) is 77.7 Å². The number of ether oxygens (including phenoxy) is 4. The normalized spacial score (nSPS) is 24.4. The van der Waals surface area contributed by atoms with Gasteiger partial charge < -0.3 is 45.5 Å². The molecule has 0 amide bonds. The second-order valence-electron chi connectivity index (χ2n) is 14.4. The second kappa shape index (κ2) is 14.2. The van der Waals surface area contributed by atoms with Crippen molar-refractivity contribution in [2.45, 2.75) is 76.0 Å². The minimum absolute atomic E-state index is 0.0494. The lowest BCUT2D eigenvalue weighted by atomic mass is 9.65. The number of likely N-dealkylation sites (N-methyl/N-ethyl adjacent to an activating group) is 1. The topological polar surface area (TPSA) is 145 Å². The monoisotopic (exact) mass is 695 g/mol. The van der Waals surface area contributed by atoms with Crippen molar-refractivity contribution in [1.82, 2.24) is 10.6 Å². The average Bonchev–Trinajstić information content (AvgIpc) is 3.69. The molecule has 10 nitrogen and oxygen atoms in total. The first-order chi connectivity index (χ1) is 24.6. The fourth-order valence-corrected chi connectivity index (χ4v) is 8.86. The minimum Gasteiger partial charge on any atom is -0.508 e. The number of carbonyl (C=O) groups excluding carboxylic acids is 1. The van der Waals surface area contributed by atoms with Crippen molar-refractivity contribution < 1.29 is 34.0 Å². The van der Waals surface area contributed by atoms with Crippen molar-refractivity contribution in [3.05, 3.63) is 88.1 Å². The molecule has 5 atom stereocenters. The van der Waals surface area contributed by atoms with Crippen LogP contribution in [0.2, 0.25) is 0 Å². The molecule has 7 rings (SSSR count). The van der Waals surface area contributed by atoms with Gasteiger partial charge in [0.25, 0.3) is 0 Å². The molecule has 10 heteroatoms. The number of benzene rings is 3. The van der Waals surface area contributed by atoms with Crippen molar-refractivity contribution in [3.8, 4) is 39.9 Å². The highest BCUT2D eigenvalue weighted by atomic mass is 16.5. The molecule has 2 aliphatic carbocycles. The summed E-state index contributed by atoms with van der Waals surface area (Å²) in [5.41, 5.74) is 14.5. The molecule has 2 heterocycles. The molecule has 3 aromatic rings. The summed E-state index contributed by atoms with van der Waals surface area (Å²) in [6.07, 6.45) is 9.21. The Hall–Kier alpha value is -4.67. The number of hydrogen-bond donors (Lipinski definition) is 5. The summed E-state index contributed by atoms with van der Waals surface area (Å²) in [6, 6.07) is 13.1. The molecule has 3 aromatic carbocycles. The first kappa shape index (κ1) is 34.8. The highest BCUT2D eigenvalue weighted by Gasteiger charge is 2.50. The van der Waals surface area contributed by atoms with Crippen LogP contribution in [-0.4, -0.2) is 56.3 Å². The highest BCUT2D eigenvalue weighted by Crippen LogP contribution is 2.62. The van der Waals surface area contributed by atoms with Crippen LogP contribution in [0.15, 0.2) is 65.9 Å². The number of methoxy groups -OCH3 is 1. The Morgan fingerprint density at radius 1 is 1.16 bits per heavy atom. The number of aromatic hydroxyl groups is 2. The van der Waals surface area contributed by atoms with E-state index in [4.69, 9.17) is 24.7 Å². The smallest absolute Gasteiger partial charge is 0.302 e. The molecule has 2 aliphatic heterocycles. The van der Waals surface area contributed by atoms with Crippen molar-refractivity contribution in [2.75, 3.05) is 33.9 Å². The number of fused-ring (bicyclic) bond motifs is 6. The number of nitrogens with two attached hydrogens (primary N) is 1. The molecule has 1 unspecified atom stereocenters. The number of carbonyl (C=O) groups is 1.